The van der Waals surface area contributed by atoms with Gasteiger partial charge in [-0.1, -0.05) is 11.6 Å². The van der Waals surface area contributed by atoms with Crippen LogP contribution < -0.4 is 5.32 Å². The van der Waals surface area contributed by atoms with E-state index in [1.807, 2.05) is 4.90 Å². The fourth-order valence-corrected chi connectivity index (χ4v) is 2.60. The Hall–Kier alpha value is -1.36. The fourth-order valence-electron chi connectivity index (χ4n) is 2.41. The van der Waals surface area contributed by atoms with Gasteiger partial charge in [-0.2, -0.15) is 0 Å². The number of amides is 1. The van der Waals surface area contributed by atoms with E-state index >= 15 is 0 Å². The lowest BCUT2D eigenvalue weighted by Crippen LogP contribution is -2.29. The Morgan fingerprint density at radius 2 is 2.21 bits per heavy atom. The molecule has 1 aliphatic heterocycles. The molecule has 5 nitrogen and oxygen atoms in total. The second-order valence-electron chi connectivity index (χ2n) is 5.30. The van der Waals surface area contributed by atoms with Crippen LogP contribution in [-0.2, 0) is 4.79 Å². The maximum Gasteiger partial charge on any atom is 0.219 e. The Kier molecular flexibility index (Phi) is 3.31. The number of aromatic nitrogens is 2. The Bertz CT molecular complexity index is 503. The molecule has 1 unspecified atom stereocenters. The Morgan fingerprint density at radius 3 is 2.84 bits per heavy atom. The summed E-state index contributed by atoms with van der Waals surface area (Å²) in [4.78, 5) is 21.9. The SMILES string of the molecule is CC(=O)N1CCC(Nc2cc(Cl)nc(C3CC3)n2)C1. The number of halogens is 1. The molecule has 1 amide bonds. The minimum Gasteiger partial charge on any atom is -0.365 e. The minimum absolute atomic E-state index is 0.128. The standard InChI is InChI=1S/C13H17ClN4O/c1-8(19)18-5-4-10(7-18)15-12-6-11(14)16-13(17-12)9-2-3-9/h6,9-10H,2-5,7H2,1H3,(H,15,16,17). The summed E-state index contributed by atoms with van der Waals surface area (Å²) in [6.45, 7) is 3.14. The third kappa shape index (κ3) is 2.97. The number of carbonyl (C=O) groups excluding carboxylic acids is 1. The van der Waals surface area contributed by atoms with Gasteiger partial charge in [0.15, 0.2) is 0 Å². The molecule has 0 radical (unpaired) electrons. The van der Waals surface area contributed by atoms with E-state index in [4.69, 9.17) is 11.6 Å². The zero-order valence-electron chi connectivity index (χ0n) is 10.9. The molecule has 1 N–H and O–H groups in total. The molecule has 6 heteroatoms. The molecule has 19 heavy (non-hydrogen) atoms. The number of likely N-dealkylation sites (tertiary alicyclic amines) is 1. The first-order valence-corrected chi connectivity index (χ1v) is 7.06. The predicted octanol–water partition coefficient (Wildman–Crippen LogP) is 2.04. The summed E-state index contributed by atoms with van der Waals surface area (Å²) in [7, 11) is 0. The highest BCUT2D eigenvalue weighted by Crippen LogP contribution is 2.38. The summed E-state index contributed by atoms with van der Waals surface area (Å²) < 4.78 is 0. The number of nitrogens with zero attached hydrogens (tertiary/aromatic N) is 3. The number of nitrogens with one attached hydrogen (secondary N) is 1. The van der Waals surface area contributed by atoms with Gasteiger partial charge in [-0.15, -0.1) is 0 Å². The first kappa shape index (κ1) is 12.7. The average Bonchev–Trinajstić information content (AvgIpc) is 3.09. The van der Waals surface area contributed by atoms with E-state index in [0.29, 0.717) is 11.1 Å². The van der Waals surface area contributed by atoms with Gasteiger partial charge >= 0.3 is 0 Å². The number of anilines is 1. The second kappa shape index (κ2) is 4.96. The average molecular weight is 281 g/mol. The highest BCUT2D eigenvalue weighted by molar-refractivity contribution is 6.29. The maximum absolute atomic E-state index is 11.3. The van der Waals surface area contributed by atoms with E-state index < -0.39 is 0 Å². The smallest absolute Gasteiger partial charge is 0.219 e. The lowest BCUT2D eigenvalue weighted by Gasteiger charge is -2.16. The largest absolute Gasteiger partial charge is 0.365 e. The van der Waals surface area contributed by atoms with Crippen LogP contribution in [0.2, 0.25) is 5.15 Å². The molecule has 102 valence electrons. The zero-order chi connectivity index (χ0) is 13.4. The first-order valence-electron chi connectivity index (χ1n) is 6.68. The monoisotopic (exact) mass is 280 g/mol. The van der Waals surface area contributed by atoms with Gasteiger partial charge < -0.3 is 10.2 Å². The van der Waals surface area contributed by atoms with Crippen molar-refractivity contribution in [3.05, 3.63) is 17.0 Å². The number of hydrogen-bond acceptors (Lipinski definition) is 4. The van der Waals surface area contributed by atoms with Gasteiger partial charge in [0, 0.05) is 38.0 Å². The molecule has 0 aromatic carbocycles. The molecule has 0 bridgehead atoms. The molecular weight excluding hydrogens is 264 g/mol. The lowest BCUT2D eigenvalue weighted by atomic mass is 10.2. The van der Waals surface area contributed by atoms with Crippen LogP contribution in [0.3, 0.4) is 0 Å². The van der Waals surface area contributed by atoms with Crippen molar-refractivity contribution in [3.8, 4) is 0 Å². The molecule has 1 atom stereocenters. The van der Waals surface area contributed by atoms with Crippen LogP contribution in [0.1, 0.15) is 37.9 Å². The van der Waals surface area contributed by atoms with Crippen LogP contribution in [0.25, 0.3) is 0 Å². The normalized spacial score (nSPS) is 22.6. The lowest BCUT2D eigenvalue weighted by molar-refractivity contribution is -0.127. The molecule has 1 saturated carbocycles. The van der Waals surface area contributed by atoms with Crippen molar-refractivity contribution in [2.45, 2.75) is 38.1 Å². The fraction of sp³-hybridized carbons (Fsp3) is 0.615. The first-order chi connectivity index (χ1) is 9.11. The van der Waals surface area contributed by atoms with Gasteiger partial charge in [-0.3, -0.25) is 4.79 Å². The molecule has 0 spiro atoms. The molecule has 2 heterocycles. The van der Waals surface area contributed by atoms with E-state index in [1.165, 1.54) is 0 Å². The molecule has 1 aromatic rings. The number of hydrogen-bond donors (Lipinski definition) is 1. The Balaban J connectivity index is 1.68. The summed E-state index contributed by atoms with van der Waals surface area (Å²) in [6.07, 6.45) is 3.25. The van der Waals surface area contributed by atoms with Crippen molar-refractivity contribution in [2.24, 2.45) is 0 Å². The van der Waals surface area contributed by atoms with Crippen LogP contribution >= 0.6 is 11.6 Å². The number of carbonyl (C=O) groups is 1. The zero-order valence-corrected chi connectivity index (χ0v) is 11.7. The van der Waals surface area contributed by atoms with Gasteiger partial charge in [0.2, 0.25) is 5.91 Å². The van der Waals surface area contributed by atoms with Gasteiger partial charge in [0.05, 0.1) is 0 Å². The van der Waals surface area contributed by atoms with Gasteiger partial charge in [0.25, 0.3) is 0 Å². The third-order valence-corrected chi connectivity index (χ3v) is 3.83. The summed E-state index contributed by atoms with van der Waals surface area (Å²) in [5.74, 6) is 2.23. The molecule has 1 aromatic heterocycles. The maximum atomic E-state index is 11.3. The van der Waals surface area contributed by atoms with Crippen molar-refractivity contribution in [2.75, 3.05) is 18.4 Å². The van der Waals surface area contributed by atoms with Gasteiger partial charge in [-0.05, 0) is 19.3 Å². The Labute approximate surface area is 117 Å². The molecule has 1 saturated heterocycles. The van der Waals surface area contributed by atoms with Crippen molar-refractivity contribution in [3.63, 3.8) is 0 Å². The van der Waals surface area contributed by atoms with E-state index in [0.717, 1.165) is 44.0 Å². The van der Waals surface area contributed by atoms with Crippen LogP contribution in [0.15, 0.2) is 6.07 Å². The van der Waals surface area contributed by atoms with Crippen molar-refractivity contribution < 1.29 is 4.79 Å². The molecular formula is C13H17ClN4O. The molecule has 2 aliphatic rings. The van der Waals surface area contributed by atoms with E-state index in [2.05, 4.69) is 15.3 Å². The van der Waals surface area contributed by atoms with Gasteiger partial charge in [0.1, 0.15) is 16.8 Å². The van der Waals surface area contributed by atoms with Crippen LogP contribution in [0.5, 0.6) is 0 Å². The van der Waals surface area contributed by atoms with E-state index in [-0.39, 0.29) is 11.9 Å². The second-order valence-corrected chi connectivity index (χ2v) is 5.69. The molecule has 3 rings (SSSR count). The predicted molar refractivity (Wildman–Crippen MR) is 73.3 cm³/mol. The van der Waals surface area contributed by atoms with E-state index in [1.54, 1.807) is 13.0 Å². The van der Waals surface area contributed by atoms with Crippen molar-refractivity contribution in [1.82, 2.24) is 14.9 Å². The summed E-state index contributed by atoms with van der Waals surface area (Å²) in [6, 6.07) is 2.01. The summed E-state index contributed by atoms with van der Waals surface area (Å²) in [5, 5.41) is 3.85. The third-order valence-electron chi connectivity index (χ3n) is 3.64. The quantitative estimate of drug-likeness (QED) is 0.861. The summed E-state index contributed by atoms with van der Waals surface area (Å²) in [5.41, 5.74) is 0. The minimum atomic E-state index is 0.128. The summed E-state index contributed by atoms with van der Waals surface area (Å²) >= 11 is 6.03. The molecule has 1 aliphatic carbocycles. The van der Waals surface area contributed by atoms with Crippen LogP contribution in [-0.4, -0.2) is 39.9 Å². The topological polar surface area (TPSA) is 58.1 Å². The highest BCUT2D eigenvalue weighted by Gasteiger charge is 2.28. The van der Waals surface area contributed by atoms with Crippen molar-refractivity contribution in [1.29, 1.82) is 0 Å². The van der Waals surface area contributed by atoms with Gasteiger partial charge in [-0.25, -0.2) is 9.97 Å². The van der Waals surface area contributed by atoms with Crippen molar-refractivity contribution >= 4 is 23.3 Å². The van der Waals surface area contributed by atoms with E-state index in [9.17, 15) is 4.79 Å². The number of rotatable bonds is 3. The van der Waals surface area contributed by atoms with Crippen LogP contribution in [0, 0.1) is 0 Å². The highest BCUT2D eigenvalue weighted by atomic mass is 35.5. The Morgan fingerprint density at radius 1 is 1.42 bits per heavy atom. The van der Waals surface area contributed by atoms with Crippen LogP contribution in [0.4, 0.5) is 5.82 Å². The molecule has 2 fully saturated rings.